The fraction of sp³-hybridized carbons (Fsp3) is 0.250. The predicted octanol–water partition coefficient (Wildman–Crippen LogP) is 5.85. The number of ether oxygens (including phenoxy) is 3. The van der Waals surface area contributed by atoms with E-state index in [0.29, 0.717) is 58.2 Å². The van der Waals surface area contributed by atoms with Crippen molar-refractivity contribution >= 4 is 17.4 Å². The van der Waals surface area contributed by atoms with Gasteiger partial charge in [0.2, 0.25) is 5.75 Å². The molecule has 0 fully saturated rings. The molecule has 2 N–H and O–H groups in total. The van der Waals surface area contributed by atoms with Crippen LogP contribution >= 0.6 is 0 Å². The van der Waals surface area contributed by atoms with E-state index in [2.05, 4.69) is 10.6 Å². The fourth-order valence-corrected chi connectivity index (χ4v) is 5.63. The molecular weight excluding hydrogens is 511 g/mol. The van der Waals surface area contributed by atoms with Crippen LogP contribution in [0.3, 0.4) is 0 Å². The summed E-state index contributed by atoms with van der Waals surface area (Å²) in [7, 11) is 4.56. The Morgan fingerprint density at radius 2 is 1.55 bits per heavy atom. The molecule has 1 amide bonds. The summed E-state index contributed by atoms with van der Waals surface area (Å²) in [4.78, 5) is 27.7. The van der Waals surface area contributed by atoms with E-state index in [1.807, 2.05) is 37.3 Å². The second-order valence-electron chi connectivity index (χ2n) is 9.85. The van der Waals surface area contributed by atoms with Crippen molar-refractivity contribution in [2.24, 2.45) is 0 Å². The van der Waals surface area contributed by atoms with Gasteiger partial charge in [0.1, 0.15) is 5.82 Å². The Kier molecular flexibility index (Phi) is 7.60. The second kappa shape index (κ2) is 11.3. The van der Waals surface area contributed by atoms with E-state index in [0.717, 1.165) is 11.3 Å². The van der Waals surface area contributed by atoms with Gasteiger partial charge in [-0.15, -0.1) is 0 Å². The van der Waals surface area contributed by atoms with E-state index in [9.17, 15) is 14.0 Å². The molecule has 0 aromatic heterocycles. The molecule has 0 saturated carbocycles. The first kappa shape index (κ1) is 27.0. The van der Waals surface area contributed by atoms with Crippen LogP contribution < -0.4 is 24.8 Å². The summed E-state index contributed by atoms with van der Waals surface area (Å²) in [5, 5.41) is 6.25. The molecule has 2 aliphatic rings. The minimum Gasteiger partial charge on any atom is -0.493 e. The summed E-state index contributed by atoms with van der Waals surface area (Å²) in [5.41, 5.74) is 4.52. The van der Waals surface area contributed by atoms with E-state index < -0.39 is 17.6 Å². The van der Waals surface area contributed by atoms with Gasteiger partial charge >= 0.3 is 0 Å². The summed E-state index contributed by atoms with van der Waals surface area (Å²) in [6.07, 6.45) is 0.938. The SMILES string of the molecule is COc1cc([C@@H]2C(C(=O)Nc3ccc(F)cc3)=C(C)NC3=C2C(=O)C[C@H](c2ccccc2)C3)cc(OC)c1OC. The number of carbonyl (C=O) groups excluding carboxylic acids is 2. The topological polar surface area (TPSA) is 85.9 Å². The lowest BCUT2D eigenvalue weighted by Gasteiger charge is -2.37. The van der Waals surface area contributed by atoms with Crippen molar-refractivity contribution in [2.75, 3.05) is 26.6 Å². The van der Waals surface area contributed by atoms with Gasteiger partial charge in [-0.3, -0.25) is 9.59 Å². The standard InChI is InChI=1S/C32H31FN2O5/c1-18-28(32(37)35-23-12-10-22(33)11-13-23)29(21-16-26(38-2)31(40-4)27(17-21)39-3)30-24(34-18)14-20(15-25(30)36)19-8-6-5-7-9-19/h5-13,16-17,20,29,34H,14-15H2,1-4H3,(H,35,37)/t20-,29-/m1/s1. The maximum atomic E-state index is 13.9. The zero-order valence-electron chi connectivity index (χ0n) is 22.8. The molecule has 0 unspecified atom stereocenters. The van der Waals surface area contributed by atoms with Crippen molar-refractivity contribution in [2.45, 2.75) is 31.6 Å². The Morgan fingerprint density at radius 3 is 2.15 bits per heavy atom. The third kappa shape index (κ3) is 5.04. The van der Waals surface area contributed by atoms with E-state index in [1.165, 1.54) is 45.6 Å². The first-order chi connectivity index (χ1) is 19.3. The third-order valence-corrected chi connectivity index (χ3v) is 7.47. The van der Waals surface area contributed by atoms with Crippen molar-refractivity contribution in [1.82, 2.24) is 5.32 Å². The number of allylic oxidation sites excluding steroid dienone is 3. The molecule has 7 nitrogen and oxygen atoms in total. The van der Waals surface area contributed by atoms with Crippen molar-refractivity contribution in [3.8, 4) is 17.2 Å². The van der Waals surface area contributed by atoms with Crippen molar-refractivity contribution < 1.29 is 28.2 Å². The highest BCUT2D eigenvalue weighted by Gasteiger charge is 2.41. The fourth-order valence-electron chi connectivity index (χ4n) is 5.63. The average molecular weight is 543 g/mol. The molecule has 2 atom stereocenters. The molecule has 1 aliphatic heterocycles. The smallest absolute Gasteiger partial charge is 0.254 e. The number of dihydropyridines is 1. The lowest BCUT2D eigenvalue weighted by Crippen LogP contribution is -2.37. The van der Waals surface area contributed by atoms with Gasteiger partial charge in [0, 0.05) is 40.6 Å². The van der Waals surface area contributed by atoms with E-state index in [4.69, 9.17) is 14.2 Å². The summed E-state index contributed by atoms with van der Waals surface area (Å²) in [6.45, 7) is 1.82. The van der Waals surface area contributed by atoms with E-state index >= 15 is 0 Å². The van der Waals surface area contributed by atoms with Gasteiger partial charge < -0.3 is 24.8 Å². The van der Waals surface area contributed by atoms with Gasteiger partial charge in [-0.1, -0.05) is 30.3 Å². The lowest BCUT2D eigenvalue weighted by atomic mass is 9.71. The number of rotatable bonds is 7. The molecule has 8 heteroatoms. The first-order valence-electron chi connectivity index (χ1n) is 13.0. The van der Waals surface area contributed by atoms with Crippen LogP contribution in [0.15, 0.2) is 89.3 Å². The molecule has 40 heavy (non-hydrogen) atoms. The maximum absolute atomic E-state index is 13.9. The summed E-state index contributed by atoms with van der Waals surface area (Å²) in [6, 6.07) is 19.1. The quantitative estimate of drug-likeness (QED) is 0.390. The molecule has 0 spiro atoms. The van der Waals surface area contributed by atoms with Crippen LogP contribution in [0.5, 0.6) is 17.2 Å². The predicted molar refractivity (Wildman–Crippen MR) is 150 cm³/mol. The number of methoxy groups -OCH3 is 3. The zero-order valence-corrected chi connectivity index (χ0v) is 22.8. The molecule has 1 aliphatic carbocycles. The molecular formula is C32H31FN2O5. The van der Waals surface area contributed by atoms with Crippen LogP contribution in [0.25, 0.3) is 0 Å². The number of amides is 1. The van der Waals surface area contributed by atoms with Gasteiger partial charge in [0.05, 0.1) is 21.3 Å². The van der Waals surface area contributed by atoms with Gasteiger partial charge in [-0.05, 0) is 66.8 Å². The summed E-state index contributed by atoms with van der Waals surface area (Å²) >= 11 is 0. The number of hydrogen-bond donors (Lipinski definition) is 2. The molecule has 5 rings (SSSR count). The number of halogens is 1. The van der Waals surface area contributed by atoms with Crippen LogP contribution in [0.2, 0.25) is 0 Å². The first-order valence-corrected chi connectivity index (χ1v) is 13.0. The highest BCUT2D eigenvalue weighted by molar-refractivity contribution is 6.10. The number of hydrogen-bond acceptors (Lipinski definition) is 6. The summed E-state index contributed by atoms with van der Waals surface area (Å²) < 4.78 is 30.2. The van der Waals surface area contributed by atoms with Crippen molar-refractivity contribution in [3.63, 3.8) is 0 Å². The number of nitrogens with one attached hydrogen (secondary N) is 2. The Bertz CT molecular complexity index is 1490. The highest BCUT2D eigenvalue weighted by Crippen LogP contribution is 2.49. The van der Waals surface area contributed by atoms with Gasteiger partial charge in [-0.2, -0.15) is 0 Å². The van der Waals surface area contributed by atoms with E-state index in [1.54, 1.807) is 12.1 Å². The lowest BCUT2D eigenvalue weighted by molar-refractivity contribution is -0.116. The number of carbonyl (C=O) groups is 2. The molecule has 0 saturated heterocycles. The van der Waals surface area contributed by atoms with Gasteiger partial charge in [0.25, 0.3) is 5.91 Å². The minimum atomic E-state index is -0.699. The van der Waals surface area contributed by atoms with Crippen molar-refractivity contribution in [3.05, 3.63) is 106 Å². The van der Waals surface area contributed by atoms with Crippen LogP contribution in [-0.4, -0.2) is 33.0 Å². The average Bonchev–Trinajstić information content (AvgIpc) is 2.97. The third-order valence-electron chi connectivity index (χ3n) is 7.47. The van der Waals surface area contributed by atoms with Gasteiger partial charge in [-0.25, -0.2) is 4.39 Å². The molecule has 3 aromatic rings. The Morgan fingerprint density at radius 1 is 0.900 bits per heavy atom. The number of ketones is 1. The van der Waals surface area contributed by atoms with E-state index in [-0.39, 0.29) is 11.7 Å². The van der Waals surface area contributed by atoms with Crippen molar-refractivity contribution in [1.29, 1.82) is 0 Å². The second-order valence-corrected chi connectivity index (χ2v) is 9.85. The Balaban J connectivity index is 1.64. The normalized spacial score (nSPS) is 18.6. The Hall–Kier alpha value is -4.59. The molecule has 0 radical (unpaired) electrons. The van der Waals surface area contributed by atoms with Crippen LogP contribution in [-0.2, 0) is 9.59 Å². The minimum absolute atomic E-state index is 0.0166. The number of Topliss-reactive ketones (excluding diaryl/α,β-unsaturated/α-hetero) is 1. The Labute approximate surface area is 232 Å². The monoisotopic (exact) mass is 542 g/mol. The zero-order chi connectivity index (χ0) is 28.4. The largest absolute Gasteiger partial charge is 0.493 e. The van der Waals surface area contributed by atoms with Crippen LogP contribution in [0.4, 0.5) is 10.1 Å². The maximum Gasteiger partial charge on any atom is 0.254 e. The molecule has 206 valence electrons. The summed E-state index contributed by atoms with van der Waals surface area (Å²) in [5.74, 6) is -0.288. The number of benzene rings is 3. The highest BCUT2D eigenvalue weighted by atomic mass is 19.1. The molecule has 3 aromatic carbocycles. The molecule has 0 bridgehead atoms. The van der Waals surface area contributed by atoms with Crippen LogP contribution in [0, 0.1) is 5.82 Å². The number of anilines is 1. The van der Waals surface area contributed by atoms with Crippen LogP contribution in [0.1, 0.15) is 42.7 Å². The molecule has 1 heterocycles. The van der Waals surface area contributed by atoms with Gasteiger partial charge in [0.15, 0.2) is 17.3 Å².